The summed E-state index contributed by atoms with van der Waals surface area (Å²) in [7, 11) is 4.51. The number of methoxy groups -OCH3 is 3. The monoisotopic (exact) mass is 620 g/mol. The Labute approximate surface area is 263 Å². The van der Waals surface area contributed by atoms with E-state index in [1.807, 2.05) is 25.1 Å². The van der Waals surface area contributed by atoms with Gasteiger partial charge in [0.15, 0.2) is 11.5 Å². The lowest BCUT2D eigenvalue weighted by Gasteiger charge is -2.23. The summed E-state index contributed by atoms with van der Waals surface area (Å²) < 4.78 is 21.1. The van der Waals surface area contributed by atoms with E-state index in [4.69, 9.17) is 18.9 Å². The minimum absolute atomic E-state index is 0.00394. The van der Waals surface area contributed by atoms with Gasteiger partial charge in [-0.2, -0.15) is 0 Å². The fourth-order valence-corrected chi connectivity index (χ4v) is 4.42. The first-order valence-electron chi connectivity index (χ1n) is 14.4. The van der Waals surface area contributed by atoms with Crippen molar-refractivity contribution in [2.45, 2.75) is 33.2 Å². The number of carbonyl (C=O) groups excluding carboxylic acids is 4. The Balaban J connectivity index is 1.61. The molecular formula is C33H40N4O8. The molecule has 0 radical (unpaired) electrons. The second kappa shape index (κ2) is 17.1. The van der Waals surface area contributed by atoms with E-state index in [1.54, 1.807) is 49.4 Å². The highest BCUT2D eigenvalue weighted by molar-refractivity contribution is 6.01. The van der Waals surface area contributed by atoms with Crippen LogP contribution in [0, 0.1) is 6.92 Å². The average molecular weight is 621 g/mol. The van der Waals surface area contributed by atoms with Crippen molar-refractivity contribution in [1.29, 1.82) is 0 Å². The summed E-state index contributed by atoms with van der Waals surface area (Å²) in [6, 6.07) is 17.2. The number of carbonyl (C=O) groups is 4. The standard InChI is InChI=1S/C33H40N4O8/c1-6-45-32(40)15-16-37(21-24-12-14-27(42-3)29(18-24)44-5)31(39)20-34-30(38)19-23-11-13-26(28(17-23)43-4)36-33(41)35-25-10-8-7-9-22(25)2/h7-14,17-18H,6,15-16,19-21H2,1-5H3,(H,34,38)(H2,35,36,41). The summed E-state index contributed by atoms with van der Waals surface area (Å²) >= 11 is 0. The Bertz CT molecular complexity index is 1490. The molecule has 0 unspecified atom stereocenters. The number of ether oxygens (including phenoxy) is 4. The molecular weight excluding hydrogens is 580 g/mol. The molecule has 12 nitrogen and oxygen atoms in total. The Morgan fingerprint density at radius 1 is 0.778 bits per heavy atom. The molecule has 3 aromatic carbocycles. The molecule has 0 atom stereocenters. The Hall–Kier alpha value is -5.26. The van der Waals surface area contributed by atoms with Crippen molar-refractivity contribution in [1.82, 2.24) is 10.2 Å². The summed E-state index contributed by atoms with van der Waals surface area (Å²) in [4.78, 5) is 52.0. The van der Waals surface area contributed by atoms with Crippen LogP contribution >= 0.6 is 0 Å². The largest absolute Gasteiger partial charge is 0.495 e. The molecule has 0 spiro atoms. The molecule has 0 aromatic heterocycles. The topological polar surface area (TPSA) is 145 Å². The SMILES string of the molecule is CCOC(=O)CCN(Cc1ccc(OC)c(OC)c1)C(=O)CNC(=O)Cc1ccc(NC(=O)Nc2ccccc2C)c(OC)c1. The molecule has 0 heterocycles. The van der Waals surface area contributed by atoms with Crippen molar-refractivity contribution in [2.75, 3.05) is 51.7 Å². The van der Waals surface area contributed by atoms with Crippen molar-refractivity contribution in [2.24, 2.45) is 0 Å². The minimum atomic E-state index is -0.438. The van der Waals surface area contributed by atoms with Crippen LogP contribution in [0.1, 0.15) is 30.0 Å². The predicted octanol–water partition coefficient (Wildman–Crippen LogP) is 4.31. The van der Waals surface area contributed by atoms with Crippen molar-refractivity contribution in [3.05, 3.63) is 77.4 Å². The zero-order chi connectivity index (χ0) is 32.8. The summed E-state index contributed by atoms with van der Waals surface area (Å²) in [6.07, 6.45) is -0.0260. The number of amides is 4. The maximum atomic E-state index is 13.2. The average Bonchev–Trinajstić information content (AvgIpc) is 3.03. The van der Waals surface area contributed by atoms with E-state index < -0.39 is 12.0 Å². The van der Waals surface area contributed by atoms with Crippen LogP contribution in [0.5, 0.6) is 17.2 Å². The molecule has 240 valence electrons. The number of nitrogens with zero attached hydrogens (tertiary/aromatic N) is 1. The number of benzene rings is 3. The quantitative estimate of drug-likeness (QED) is 0.213. The number of hydrogen-bond acceptors (Lipinski definition) is 8. The van der Waals surface area contributed by atoms with Crippen molar-refractivity contribution >= 4 is 35.2 Å². The lowest BCUT2D eigenvalue weighted by Crippen LogP contribution is -2.41. The molecule has 0 bridgehead atoms. The molecule has 3 aromatic rings. The second-order valence-electron chi connectivity index (χ2n) is 9.94. The lowest BCUT2D eigenvalue weighted by atomic mass is 10.1. The summed E-state index contributed by atoms with van der Waals surface area (Å²) in [6.45, 7) is 3.85. The maximum Gasteiger partial charge on any atom is 0.323 e. The van der Waals surface area contributed by atoms with Crippen LogP contribution in [0.25, 0.3) is 0 Å². The van der Waals surface area contributed by atoms with Crippen molar-refractivity contribution in [3.63, 3.8) is 0 Å². The highest BCUT2D eigenvalue weighted by atomic mass is 16.5. The van der Waals surface area contributed by atoms with Crippen molar-refractivity contribution < 1.29 is 38.1 Å². The molecule has 0 aliphatic heterocycles. The minimum Gasteiger partial charge on any atom is -0.495 e. The predicted molar refractivity (Wildman–Crippen MR) is 170 cm³/mol. The zero-order valence-corrected chi connectivity index (χ0v) is 26.2. The first kappa shape index (κ1) is 34.2. The van der Waals surface area contributed by atoms with E-state index in [-0.39, 0.29) is 50.9 Å². The number of rotatable bonds is 15. The molecule has 3 rings (SSSR count). The molecule has 45 heavy (non-hydrogen) atoms. The van der Waals surface area contributed by atoms with Crippen LogP contribution in [0.2, 0.25) is 0 Å². The van der Waals surface area contributed by atoms with Gasteiger partial charge in [-0.15, -0.1) is 0 Å². The van der Waals surface area contributed by atoms with Crippen LogP contribution in [0.3, 0.4) is 0 Å². The lowest BCUT2D eigenvalue weighted by molar-refractivity contribution is -0.144. The van der Waals surface area contributed by atoms with Gasteiger partial charge in [0.05, 0.1) is 53.0 Å². The zero-order valence-electron chi connectivity index (χ0n) is 26.2. The highest BCUT2D eigenvalue weighted by Crippen LogP contribution is 2.28. The van der Waals surface area contributed by atoms with E-state index in [0.29, 0.717) is 34.2 Å². The third-order valence-corrected chi connectivity index (χ3v) is 6.77. The number of anilines is 2. The Kier molecular flexibility index (Phi) is 13.0. The van der Waals surface area contributed by atoms with Crippen molar-refractivity contribution in [3.8, 4) is 17.2 Å². The van der Waals surface area contributed by atoms with E-state index in [1.165, 1.54) is 26.2 Å². The van der Waals surface area contributed by atoms with Gasteiger partial charge in [0.25, 0.3) is 0 Å². The third kappa shape index (κ3) is 10.4. The molecule has 12 heteroatoms. The second-order valence-corrected chi connectivity index (χ2v) is 9.94. The highest BCUT2D eigenvalue weighted by Gasteiger charge is 2.19. The Morgan fingerprint density at radius 3 is 2.13 bits per heavy atom. The Morgan fingerprint density at radius 2 is 1.44 bits per heavy atom. The molecule has 0 fully saturated rings. The molecule has 0 aliphatic rings. The number of urea groups is 1. The number of nitrogens with one attached hydrogen (secondary N) is 3. The van der Waals surface area contributed by atoms with Crippen LogP contribution in [-0.4, -0.2) is 69.7 Å². The van der Waals surface area contributed by atoms with E-state index >= 15 is 0 Å². The fraction of sp³-hybridized carbons (Fsp3) is 0.333. The van der Waals surface area contributed by atoms with Crippen LogP contribution in [0.15, 0.2) is 60.7 Å². The van der Waals surface area contributed by atoms with Gasteiger partial charge in [-0.25, -0.2) is 4.79 Å². The van der Waals surface area contributed by atoms with Crippen LogP contribution in [0.4, 0.5) is 16.2 Å². The fourth-order valence-electron chi connectivity index (χ4n) is 4.42. The number of para-hydroxylation sites is 1. The molecule has 0 saturated heterocycles. The van der Waals surface area contributed by atoms with Gasteiger partial charge in [0.2, 0.25) is 11.8 Å². The number of aryl methyl sites for hydroxylation is 1. The number of esters is 1. The van der Waals surface area contributed by atoms with E-state index in [2.05, 4.69) is 16.0 Å². The van der Waals surface area contributed by atoms with Gasteiger partial charge in [-0.1, -0.05) is 30.3 Å². The number of hydrogen-bond donors (Lipinski definition) is 3. The van der Waals surface area contributed by atoms with Gasteiger partial charge < -0.3 is 39.8 Å². The van der Waals surface area contributed by atoms with Gasteiger partial charge in [0.1, 0.15) is 5.75 Å². The molecule has 3 N–H and O–H groups in total. The van der Waals surface area contributed by atoms with Crippen LogP contribution in [-0.2, 0) is 32.1 Å². The molecule has 0 aliphatic carbocycles. The smallest absolute Gasteiger partial charge is 0.323 e. The summed E-state index contributed by atoms with van der Waals surface area (Å²) in [5.41, 5.74) is 3.40. The van der Waals surface area contributed by atoms with Gasteiger partial charge >= 0.3 is 12.0 Å². The van der Waals surface area contributed by atoms with E-state index in [0.717, 1.165) is 11.1 Å². The van der Waals surface area contributed by atoms with Gasteiger partial charge in [-0.05, 0) is 60.9 Å². The normalized spacial score (nSPS) is 10.3. The maximum absolute atomic E-state index is 13.2. The summed E-state index contributed by atoms with van der Waals surface area (Å²) in [5.74, 6) is 0.232. The van der Waals surface area contributed by atoms with Gasteiger partial charge in [0, 0.05) is 18.8 Å². The van der Waals surface area contributed by atoms with E-state index in [9.17, 15) is 19.2 Å². The molecule has 0 saturated carbocycles. The first-order chi connectivity index (χ1) is 21.7. The summed E-state index contributed by atoms with van der Waals surface area (Å²) in [5, 5.41) is 8.21. The third-order valence-electron chi connectivity index (χ3n) is 6.77. The van der Waals surface area contributed by atoms with Gasteiger partial charge in [-0.3, -0.25) is 14.4 Å². The molecule has 4 amide bonds. The van der Waals surface area contributed by atoms with Crippen LogP contribution < -0.4 is 30.2 Å². The first-order valence-corrected chi connectivity index (χ1v) is 14.4.